The Morgan fingerprint density at radius 3 is 2.50 bits per heavy atom. The summed E-state index contributed by atoms with van der Waals surface area (Å²) in [6.45, 7) is 3.16. The number of nitrogens with zero attached hydrogens (tertiary/aromatic N) is 1. The molecule has 4 nitrogen and oxygen atoms in total. The highest BCUT2D eigenvalue weighted by molar-refractivity contribution is 5.77. The van der Waals surface area contributed by atoms with Gasteiger partial charge < -0.3 is 15.5 Å². The van der Waals surface area contributed by atoms with Gasteiger partial charge in [0, 0.05) is 12.6 Å². The molecule has 12 heavy (non-hydrogen) atoms. The maximum absolute atomic E-state index is 11.1. The van der Waals surface area contributed by atoms with E-state index in [0.717, 1.165) is 0 Å². The number of carbonyl (C=O) groups excluding carboxylic acids is 1. The van der Waals surface area contributed by atoms with Gasteiger partial charge in [0.05, 0.1) is 6.54 Å². The van der Waals surface area contributed by atoms with Crippen LogP contribution in [0.5, 0.6) is 0 Å². The van der Waals surface area contributed by atoms with Crippen molar-refractivity contribution in [3.05, 3.63) is 0 Å². The number of amides is 1. The largest absolute Gasteiger partial charge is 0.353 e. The molecule has 0 aliphatic heterocycles. The molecule has 0 saturated carbocycles. The van der Waals surface area contributed by atoms with Crippen LogP contribution in [-0.2, 0) is 4.79 Å². The minimum atomic E-state index is 0.0714. The first-order chi connectivity index (χ1) is 5.56. The van der Waals surface area contributed by atoms with E-state index in [0.29, 0.717) is 19.1 Å². The summed E-state index contributed by atoms with van der Waals surface area (Å²) in [5.41, 5.74) is 0. The first kappa shape index (κ1) is 11.4. The fourth-order valence-corrected chi connectivity index (χ4v) is 0.712. The fourth-order valence-electron chi connectivity index (χ4n) is 0.712. The lowest BCUT2D eigenvalue weighted by Gasteiger charge is -2.13. The molecule has 1 atom stereocenters. The summed E-state index contributed by atoms with van der Waals surface area (Å²) in [6.07, 6.45) is 0. The van der Waals surface area contributed by atoms with E-state index in [4.69, 9.17) is 0 Å². The summed E-state index contributed by atoms with van der Waals surface area (Å²) in [5, 5.41) is 5.87. The van der Waals surface area contributed by atoms with Crippen LogP contribution in [-0.4, -0.2) is 51.1 Å². The molecule has 0 aliphatic carbocycles. The molecule has 0 aromatic carbocycles. The van der Waals surface area contributed by atoms with E-state index >= 15 is 0 Å². The quantitative estimate of drug-likeness (QED) is 0.576. The van der Waals surface area contributed by atoms with Crippen molar-refractivity contribution in [2.75, 3.05) is 34.2 Å². The Bertz CT molecular complexity index is 136. The summed E-state index contributed by atoms with van der Waals surface area (Å²) >= 11 is 0. The fraction of sp³-hybridized carbons (Fsp3) is 0.875. The second-order valence-corrected chi connectivity index (χ2v) is 3.23. The zero-order valence-corrected chi connectivity index (χ0v) is 8.35. The van der Waals surface area contributed by atoms with E-state index in [-0.39, 0.29) is 5.91 Å². The van der Waals surface area contributed by atoms with Crippen molar-refractivity contribution in [2.24, 2.45) is 0 Å². The molecule has 4 heteroatoms. The van der Waals surface area contributed by atoms with Crippen molar-refractivity contribution in [2.45, 2.75) is 13.0 Å². The molecular formula is C8H19N3O. The zero-order chi connectivity index (χ0) is 9.56. The average Bonchev–Trinajstić information content (AvgIpc) is 1.99. The molecule has 0 aromatic heterocycles. The van der Waals surface area contributed by atoms with Gasteiger partial charge >= 0.3 is 0 Å². The van der Waals surface area contributed by atoms with Gasteiger partial charge in [0.1, 0.15) is 0 Å². The molecule has 0 aromatic rings. The average molecular weight is 173 g/mol. The van der Waals surface area contributed by atoms with Crippen LogP contribution in [0.3, 0.4) is 0 Å². The summed E-state index contributed by atoms with van der Waals surface area (Å²) in [7, 11) is 5.63. The minimum absolute atomic E-state index is 0.0714. The third-order valence-electron chi connectivity index (χ3n) is 1.56. The molecule has 0 bridgehead atoms. The highest BCUT2D eigenvalue weighted by atomic mass is 16.2. The van der Waals surface area contributed by atoms with E-state index in [1.807, 2.05) is 33.0 Å². The summed E-state index contributed by atoms with van der Waals surface area (Å²) < 4.78 is 0. The van der Waals surface area contributed by atoms with Crippen LogP contribution in [0.25, 0.3) is 0 Å². The van der Waals surface area contributed by atoms with Crippen LogP contribution in [0.2, 0.25) is 0 Å². The number of nitrogens with one attached hydrogen (secondary N) is 2. The van der Waals surface area contributed by atoms with E-state index in [9.17, 15) is 4.79 Å². The van der Waals surface area contributed by atoms with E-state index in [1.54, 1.807) is 0 Å². The number of likely N-dealkylation sites (N-methyl/N-ethyl adjacent to an activating group) is 2. The van der Waals surface area contributed by atoms with Gasteiger partial charge in [0.2, 0.25) is 5.91 Å². The van der Waals surface area contributed by atoms with Crippen LogP contribution in [0, 0.1) is 0 Å². The Morgan fingerprint density at radius 1 is 1.50 bits per heavy atom. The predicted molar refractivity (Wildman–Crippen MR) is 50.1 cm³/mol. The van der Waals surface area contributed by atoms with Gasteiger partial charge in [-0.25, -0.2) is 0 Å². The molecule has 2 N–H and O–H groups in total. The molecule has 0 spiro atoms. The monoisotopic (exact) mass is 173 g/mol. The Kier molecular flexibility index (Phi) is 5.66. The Hall–Kier alpha value is -0.610. The third kappa shape index (κ3) is 6.12. The van der Waals surface area contributed by atoms with Crippen molar-refractivity contribution in [3.63, 3.8) is 0 Å². The molecule has 0 fully saturated rings. The van der Waals surface area contributed by atoms with E-state index in [1.165, 1.54) is 0 Å². The van der Waals surface area contributed by atoms with Gasteiger partial charge in [-0.15, -0.1) is 0 Å². The SMILES string of the molecule is CNC(C)CNC(=O)CN(C)C. The highest BCUT2D eigenvalue weighted by Gasteiger charge is 2.03. The third-order valence-corrected chi connectivity index (χ3v) is 1.56. The van der Waals surface area contributed by atoms with Crippen LogP contribution in [0.15, 0.2) is 0 Å². The normalized spacial score (nSPS) is 13.1. The number of rotatable bonds is 5. The summed E-state index contributed by atoms with van der Waals surface area (Å²) in [6, 6.07) is 0.330. The first-order valence-corrected chi connectivity index (χ1v) is 4.15. The second-order valence-electron chi connectivity index (χ2n) is 3.23. The molecule has 0 radical (unpaired) electrons. The van der Waals surface area contributed by atoms with E-state index in [2.05, 4.69) is 10.6 Å². The summed E-state index contributed by atoms with van der Waals surface area (Å²) in [4.78, 5) is 12.9. The molecule has 0 rings (SSSR count). The standard InChI is InChI=1S/C8H19N3O/c1-7(9-2)5-10-8(12)6-11(3)4/h7,9H,5-6H2,1-4H3,(H,10,12). The number of hydrogen-bond donors (Lipinski definition) is 2. The topological polar surface area (TPSA) is 44.4 Å². The lowest BCUT2D eigenvalue weighted by atomic mass is 10.3. The van der Waals surface area contributed by atoms with Crippen molar-refractivity contribution in [1.29, 1.82) is 0 Å². The molecule has 0 saturated heterocycles. The first-order valence-electron chi connectivity index (χ1n) is 4.15. The van der Waals surface area contributed by atoms with Gasteiger partial charge in [0.25, 0.3) is 0 Å². The van der Waals surface area contributed by atoms with Gasteiger partial charge in [-0.2, -0.15) is 0 Å². The summed E-state index contributed by atoms with van der Waals surface area (Å²) in [5.74, 6) is 0.0714. The molecule has 0 aliphatic rings. The lowest BCUT2D eigenvalue weighted by molar-refractivity contribution is -0.121. The maximum Gasteiger partial charge on any atom is 0.234 e. The Balaban J connectivity index is 3.44. The highest BCUT2D eigenvalue weighted by Crippen LogP contribution is 1.77. The van der Waals surface area contributed by atoms with Crippen LogP contribution in [0.4, 0.5) is 0 Å². The van der Waals surface area contributed by atoms with E-state index < -0.39 is 0 Å². The van der Waals surface area contributed by atoms with Gasteiger partial charge in [-0.3, -0.25) is 4.79 Å². The van der Waals surface area contributed by atoms with Crippen LogP contribution in [0.1, 0.15) is 6.92 Å². The molecule has 72 valence electrons. The maximum atomic E-state index is 11.1. The lowest BCUT2D eigenvalue weighted by Crippen LogP contribution is -2.40. The Morgan fingerprint density at radius 2 is 2.08 bits per heavy atom. The van der Waals surface area contributed by atoms with Crippen LogP contribution >= 0.6 is 0 Å². The zero-order valence-electron chi connectivity index (χ0n) is 8.35. The molecule has 1 unspecified atom stereocenters. The van der Waals surface area contributed by atoms with Gasteiger partial charge in [0.15, 0.2) is 0 Å². The van der Waals surface area contributed by atoms with Crippen LogP contribution < -0.4 is 10.6 Å². The molecular weight excluding hydrogens is 154 g/mol. The molecule has 1 amide bonds. The van der Waals surface area contributed by atoms with Gasteiger partial charge in [-0.1, -0.05) is 0 Å². The number of carbonyl (C=O) groups is 1. The Labute approximate surface area is 74.3 Å². The van der Waals surface area contributed by atoms with Crippen molar-refractivity contribution in [3.8, 4) is 0 Å². The van der Waals surface area contributed by atoms with Crippen molar-refractivity contribution < 1.29 is 4.79 Å². The smallest absolute Gasteiger partial charge is 0.234 e. The number of hydrogen-bond acceptors (Lipinski definition) is 3. The predicted octanol–water partition coefficient (Wildman–Crippen LogP) is -0.728. The second kappa shape index (κ2) is 5.97. The van der Waals surface area contributed by atoms with Crippen molar-refractivity contribution >= 4 is 5.91 Å². The van der Waals surface area contributed by atoms with Crippen molar-refractivity contribution in [1.82, 2.24) is 15.5 Å². The minimum Gasteiger partial charge on any atom is -0.353 e. The molecule has 0 heterocycles. The van der Waals surface area contributed by atoms with Gasteiger partial charge in [-0.05, 0) is 28.1 Å².